The molecule has 8 nitrogen and oxygen atoms in total. The summed E-state index contributed by atoms with van der Waals surface area (Å²) in [6.45, 7) is 10.8. The van der Waals surface area contributed by atoms with Gasteiger partial charge in [0.1, 0.15) is 5.60 Å². The van der Waals surface area contributed by atoms with Crippen LogP contribution in [0.15, 0.2) is 65.5 Å². The molecule has 0 bridgehead atoms. The number of amides is 1. The van der Waals surface area contributed by atoms with Crippen LogP contribution in [-0.4, -0.2) is 69.9 Å². The summed E-state index contributed by atoms with van der Waals surface area (Å²) in [4.78, 5) is 32.6. The summed E-state index contributed by atoms with van der Waals surface area (Å²) in [7, 11) is 0. The fourth-order valence-corrected chi connectivity index (χ4v) is 4.96. The first-order valence-corrected chi connectivity index (χ1v) is 12.7. The molecule has 3 aromatic rings. The molecule has 1 amide bonds. The first-order valence-electron chi connectivity index (χ1n) is 12.7. The molecule has 1 saturated heterocycles. The van der Waals surface area contributed by atoms with Gasteiger partial charge in [-0.15, -0.1) is 0 Å². The average Bonchev–Trinajstić information content (AvgIpc) is 3.15. The van der Waals surface area contributed by atoms with Crippen molar-refractivity contribution in [3.05, 3.63) is 71.2 Å². The third kappa shape index (κ3) is 5.04. The number of benzene rings is 2. The highest BCUT2D eigenvalue weighted by atomic mass is 16.6. The number of imidazole rings is 1. The number of ether oxygens (including phenoxy) is 1. The summed E-state index contributed by atoms with van der Waals surface area (Å²) >= 11 is 0. The second kappa shape index (κ2) is 9.85. The minimum atomic E-state index is -0.530. The van der Waals surface area contributed by atoms with Crippen LogP contribution in [0.3, 0.4) is 0 Å². The normalized spacial score (nSPS) is 17.4. The van der Waals surface area contributed by atoms with Gasteiger partial charge in [-0.2, -0.15) is 0 Å². The van der Waals surface area contributed by atoms with Gasteiger partial charge in [-0.3, -0.25) is 14.0 Å². The number of hydrogen-bond acceptors (Lipinski definition) is 5. The molecular formula is C28H35N5O3. The first kappa shape index (κ1) is 24.2. The molecule has 0 aliphatic carbocycles. The zero-order chi connectivity index (χ0) is 25.3. The average molecular weight is 490 g/mol. The Labute approximate surface area is 212 Å². The highest BCUT2D eigenvalue weighted by molar-refractivity contribution is 5.80. The van der Waals surface area contributed by atoms with Crippen molar-refractivity contribution < 1.29 is 9.53 Å². The number of aromatic nitrogens is 2. The smallest absolute Gasteiger partial charge is 0.410 e. The Kier molecular flexibility index (Phi) is 6.62. The molecule has 2 aliphatic heterocycles. The zero-order valence-electron chi connectivity index (χ0n) is 21.4. The molecule has 2 aromatic carbocycles. The Bertz CT molecular complexity index is 1310. The van der Waals surface area contributed by atoms with Crippen LogP contribution in [0.5, 0.6) is 0 Å². The summed E-state index contributed by atoms with van der Waals surface area (Å²) in [5.41, 5.74) is 3.46. The summed E-state index contributed by atoms with van der Waals surface area (Å²) < 4.78 is 9.22. The predicted octanol–water partition coefficient (Wildman–Crippen LogP) is 4.06. The van der Waals surface area contributed by atoms with Crippen LogP contribution < -0.4 is 10.6 Å². The summed E-state index contributed by atoms with van der Waals surface area (Å²) in [6, 6.07) is 18.5. The lowest BCUT2D eigenvalue weighted by atomic mass is 10.2. The van der Waals surface area contributed by atoms with Crippen molar-refractivity contribution in [3.8, 4) is 0 Å². The van der Waals surface area contributed by atoms with Crippen molar-refractivity contribution in [2.45, 2.75) is 39.5 Å². The Hall–Kier alpha value is -3.52. The van der Waals surface area contributed by atoms with Gasteiger partial charge in [-0.1, -0.05) is 30.3 Å². The number of hydrogen-bond donors (Lipinski definition) is 0. The van der Waals surface area contributed by atoms with Gasteiger partial charge in [0.2, 0.25) is 0 Å². The van der Waals surface area contributed by atoms with E-state index in [9.17, 15) is 9.59 Å². The molecule has 2 aliphatic rings. The minimum absolute atomic E-state index is 0.0290. The second-order valence-corrected chi connectivity index (χ2v) is 10.5. The van der Waals surface area contributed by atoms with Crippen molar-refractivity contribution >= 4 is 28.5 Å². The highest BCUT2D eigenvalue weighted by Crippen LogP contribution is 2.23. The lowest BCUT2D eigenvalue weighted by Gasteiger charge is -2.36. The van der Waals surface area contributed by atoms with E-state index in [1.807, 2.05) is 66.3 Å². The van der Waals surface area contributed by atoms with Crippen LogP contribution in [0.2, 0.25) is 0 Å². The van der Waals surface area contributed by atoms with Gasteiger partial charge in [0, 0.05) is 57.1 Å². The Morgan fingerprint density at radius 2 is 1.56 bits per heavy atom. The SMILES string of the molecule is CC(C)(C)OC(=O)N1CC=C(n2c(=O)n(CN3CCN(c4ccccc4)CC3)c3ccccc32)CC1. The molecule has 190 valence electrons. The molecule has 0 radical (unpaired) electrons. The molecule has 36 heavy (non-hydrogen) atoms. The summed E-state index contributed by atoms with van der Waals surface area (Å²) in [5, 5.41) is 0. The predicted molar refractivity (Wildman–Crippen MR) is 143 cm³/mol. The molecule has 0 N–H and O–H groups in total. The lowest BCUT2D eigenvalue weighted by molar-refractivity contribution is 0.0269. The molecule has 1 aromatic heterocycles. The fraction of sp³-hybridized carbons (Fsp3) is 0.429. The van der Waals surface area contributed by atoms with Crippen molar-refractivity contribution in [1.29, 1.82) is 0 Å². The largest absolute Gasteiger partial charge is 0.444 e. The quantitative estimate of drug-likeness (QED) is 0.553. The van der Waals surface area contributed by atoms with Crippen LogP contribution in [0.4, 0.5) is 10.5 Å². The molecule has 8 heteroatoms. The van der Waals surface area contributed by atoms with Gasteiger partial charge in [0.05, 0.1) is 17.7 Å². The monoisotopic (exact) mass is 489 g/mol. The van der Waals surface area contributed by atoms with E-state index in [2.05, 4.69) is 34.1 Å². The summed E-state index contributed by atoms with van der Waals surface area (Å²) in [5.74, 6) is 0. The number of piperazine rings is 1. The first-order chi connectivity index (χ1) is 17.3. The van der Waals surface area contributed by atoms with Crippen LogP contribution in [0.25, 0.3) is 16.7 Å². The van der Waals surface area contributed by atoms with Gasteiger partial charge in [-0.05, 0) is 51.1 Å². The van der Waals surface area contributed by atoms with E-state index in [1.54, 1.807) is 4.90 Å². The van der Waals surface area contributed by atoms with Gasteiger partial charge >= 0.3 is 11.8 Å². The second-order valence-electron chi connectivity index (χ2n) is 10.5. The van der Waals surface area contributed by atoms with E-state index < -0.39 is 5.60 Å². The molecular weight excluding hydrogens is 454 g/mol. The van der Waals surface area contributed by atoms with E-state index in [4.69, 9.17) is 4.74 Å². The van der Waals surface area contributed by atoms with Crippen molar-refractivity contribution in [2.24, 2.45) is 0 Å². The Morgan fingerprint density at radius 3 is 2.19 bits per heavy atom. The maximum Gasteiger partial charge on any atom is 0.410 e. The molecule has 3 heterocycles. The molecule has 1 fully saturated rings. The van der Waals surface area contributed by atoms with E-state index in [0.717, 1.165) is 42.9 Å². The third-order valence-electron chi connectivity index (χ3n) is 6.79. The van der Waals surface area contributed by atoms with E-state index >= 15 is 0 Å². The Morgan fingerprint density at radius 1 is 0.889 bits per heavy atom. The lowest BCUT2D eigenvalue weighted by Crippen LogP contribution is -2.47. The molecule has 0 unspecified atom stereocenters. The molecule has 0 saturated carbocycles. The zero-order valence-corrected chi connectivity index (χ0v) is 21.4. The molecule has 0 atom stereocenters. The van der Waals surface area contributed by atoms with Crippen LogP contribution in [-0.2, 0) is 11.4 Å². The Balaban J connectivity index is 1.34. The fourth-order valence-electron chi connectivity index (χ4n) is 4.96. The third-order valence-corrected chi connectivity index (χ3v) is 6.79. The maximum absolute atomic E-state index is 13.7. The maximum atomic E-state index is 13.7. The number of carbonyl (C=O) groups excluding carboxylic acids is 1. The van der Waals surface area contributed by atoms with Crippen molar-refractivity contribution in [2.75, 3.05) is 44.2 Å². The number of carbonyl (C=O) groups is 1. The van der Waals surface area contributed by atoms with Crippen molar-refractivity contribution in [3.63, 3.8) is 0 Å². The minimum Gasteiger partial charge on any atom is -0.444 e. The topological polar surface area (TPSA) is 63.0 Å². The van der Waals surface area contributed by atoms with Gasteiger partial charge < -0.3 is 14.5 Å². The van der Waals surface area contributed by atoms with Crippen LogP contribution in [0.1, 0.15) is 27.2 Å². The number of fused-ring (bicyclic) bond motifs is 1. The van der Waals surface area contributed by atoms with E-state index in [1.165, 1.54) is 5.69 Å². The number of rotatable bonds is 4. The highest BCUT2D eigenvalue weighted by Gasteiger charge is 2.26. The van der Waals surface area contributed by atoms with Gasteiger partial charge in [0.25, 0.3) is 0 Å². The summed E-state index contributed by atoms with van der Waals surface area (Å²) in [6.07, 6.45) is 2.26. The van der Waals surface area contributed by atoms with E-state index in [0.29, 0.717) is 26.2 Å². The van der Waals surface area contributed by atoms with Crippen LogP contribution in [0, 0.1) is 0 Å². The molecule has 5 rings (SSSR count). The number of para-hydroxylation sites is 3. The van der Waals surface area contributed by atoms with Gasteiger partial charge in [0.15, 0.2) is 0 Å². The van der Waals surface area contributed by atoms with Crippen LogP contribution >= 0.6 is 0 Å². The number of nitrogens with zero attached hydrogens (tertiary/aromatic N) is 5. The van der Waals surface area contributed by atoms with Gasteiger partial charge in [-0.25, -0.2) is 9.59 Å². The standard InChI is InChI=1S/C28H35N5O3/c1-28(2,3)36-27(35)31-15-13-23(14-16-31)33-25-12-8-7-11-24(25)32(26(33)34)21-29-17-19-30(20-18-29)22-9-5-4-6-10-22/h4-13H,14-21H2,1-3H3. The molecule has 0 spiro atoms. The van der Waals surface area contributed by atoms with E-state index in [-0.39, 0.29) is 11.8 Å². The van der Waals surface area contributed by atoms with Crippen molar-refractivity contribution in [1.82, 2.24) is 18.9 Å². The number of anilines is 1.